The van der Waals surface area contributed by atoms with E-state index in [1.807, 2.05) is 13.8 Å². The van der Waals surface area contributed by atoms with E-state index in [2.05, 4.69) is 4.18 Å². The van der Waals surface area contributed by atoms with Gasteiger partial charge in [-0.2, -0.15) is 13.6 Å². The minimum Gasteiger partial charge on any atom is -0.371 e. The first-order valence-corrected chi connectivity index (χ1v) is 7.37. The van der Waals surface area contributed by atoms with Crippen molar-refractivity contribution in [3.05, 3.63) is 34.9 Å². The van der Waals surface area contributed by atoms with Gasteiger partial charge in [-0.3, -0.25) is 4.79 Å². The highest BCUT2D eigenvalue weighted by Crippen LogP contribution is 2.33. The average molecular weight is 281 g/mol. The van der Waals surface area contributed by atoms with Crippen molar-refractivity contribution in [3.63, 3.8) is 0 Å². The fraction of sp³-hybridized carbons (Fsp3) is 0.308. The van der Waals surface area contributed by atoms with Gasteiger partial charge in [0.05, 0.1) is 0 Å². The molecule has 1 aromatic rings. The predicted octanol–water partition coefficient (Wildman–Crippen LogP) is 1.58. The van der Waals surface area contributed by atoms with E-state index in [0.717, 1.165) is 28.7 Å². The third-order valence-electron chi connectivity index (χ3n) is 3.19. The third kappa shape index (κ3) is 2.85. The number of hydrogen-bond donors (Lipinski definition) is 1. The molecule has 2 N–H and O–H groups in total. The summed E-state index contributed by atoms with van der Waals surface area (Å²) >= 11 is 0. The Bertz CT molecular complexity index is 674. The van der Waals surface area contributed by atoms with Gasteiger partial charge in [0.2, 0.25) is 0 Å². The normalized spacial score (nSPS) is 15.4. The molecule has 0 unspecified atom stereocenters. The molecular formula is C13H15NO4S. The van der Waals surface area contributed by atoms with E-state index in [4.69, 9.17) is 5.14 Å². The molecule has 5 nitrogen and oxygen atoms in total. The van der Waals surface area contributed by atoms with E-state index in [9.17, 15) is 13.2 Å². The largest absolute Gasteiger partial charge is 0.380 e. The van der Waals surface area contributed by atoms with Crippen LogP contribution < -0.4 is 9.32 Å². The molecule has 0 aliphatic heterocycles. The van der Waals surface area contributed by atoms with Crippen LogP contribution in [0.4, 0.5) is 0 Å². The average Bonchev–Trinajstić information content (AvgIpc) is 2.29. The summed E-state index contributed by atoms with van der Waals surface area (Å²) in [6.07, 6.45) is 1.01. The van der Waals surface area contributed by atoms with Gasteiger partial charge in [-0.25, -0.2) is 0 Å². The van der Waals surface area contributed by atoms with Gasteiger partial charge in [-0.1, -0.05) is 13.0 Å². The summed E-state index contributed by atoms with van der Waals surface area (Å²) in [7, 11) is -4.04. The highest BCUT2D eigenvalue weighted by molar-refractivity contribution is 7.84. The first-order valence-electron chi connectivity index (χ1n) is 5.90. The molecule has 0 atom stereocenters. The van der Waals surface area contributed by atoms with Crippen molar-refractivity contribution in [1.29, 1.82) is 0 Å². The summed E-state index contributed by atoms with van der Waals surface area (Å²) in [5.74, 6) is 0.182. The minimum absolute atomic E-state index is 0.0529. The summed E-state index contributed by atoms with van der Waals surface area (Å²) in [5, 5.41) is 4.82. The Labute approximate surface area is 112 Å². The lowest BCUT2D eigenvalue weighted by Crippen LogP contribution is -2.19. The summed E-state index contributed by atoms with van der Waals surface area (Å²) < 4.78 is 26.4. The maximum atomic E-state index is 11.9. The van der Waals surface area contributed by atoms with Crippen molar-refractivity contribution in [1.82, 2.24) is 0 Å². The molecule has 0 radical (unpaired) electrons. The fourth-order valence-corrected chi connectivity index (χ4v) is 2.70. The molecule has 0 fully saturated rings. The number of benzene rings is 1. The van der Waals surface area contributed by atoms with Crippen LogP contribution in [-0.4, -0.2) is 14.2 Å². The van der Waals surface area contributed by atoms with Crippen LogP contribution in [0.25, 0.3) is 5.57 Å². The van der Waals surface area contributed by atoms with Gasteiger partial charge in [0.25, 0.3) is 0 Å². The van der Waals surface area contributed by atoms with Crippen LogP contribution in [0.3, 0.4) is 0 Å². The van der Waals surface area contributed by atoms with E-state index >= 15 is 0 Å². The second-order valence-electron chi connectivity index (χ2n) is 4.45. The van der Waals surface area contributed by atoms with Crippen LogP contribution in [0.2, 0.25) is 0 Å². The third-order valence-corrected chi connectivity index (χ3v) is 3.61. The molecule has 102 valence electrons. The van der Waals surface area contributed by atoms with Gasteiger partial charge in [0.15, 0.2) is 5.78 Å². The number of carbonyl (C=O) groups excluding carboxylic acids is 1. The van der Waals surface area contributed by atoms with Gasteiger partial charge in [-0.05, 0) is 47.8 Å². The first kappa shape index (κ1) is 13.8. The second-order valence-corrected chi connectivity index (χ2v) is 5.60. The molecule has 1 aliphatic rings. The van der Waals surface area contributed by atoms with Crippen molar-refractivity contribution in [3.8, 4) is 5.75 Å². The number of Topliss-reactive ketones (excluding diaryl/α,β-unsaturated/α-hetero) is 1. The Hall–Kier alpha value is -1.66. The molecular weight excluding hydrogens is 266 g/mol. The summed E-state index contributed by atoms with van der Waals surface area (Å²) in [6, 6.07) is 4.87. The SMILES string of the molecule is CCC1=C(C)C(=O)Cc2cc(OS(N)(=O)=O)ccc21. The van der Waals surface area contributed by atoms with Crippen LogP contribution in [0.15, 0.2) is 23.8 Å². The highest BCUT2D eigenvalue weighted by atomic mass is 32.2. The Morgan fingerprint density at radius 2 is 2.05 bits per heavy atom. The number of nitrogens with two attached hydrogens (primary N) is 1. The molecule has 0 aromatic heterocycles. The highest BCUT2D eigenvalue weighted by Gasteiger charge is 2.22. The molecule has 1 aromatic carbocycles. The minimum atomic E-state index is -4.04. The van der Waals surface area contributed by atoms with Crippen LogP contribution in [0, 0.1) is 0 Å². The zero-order chi connectivity index (χ0) is 14.2. The number of allylic oxidation sites excluding steroid dienone is 2. The molecule has 19 heavy (non-hydrogen) atoms. The molecule has 2 rings (SSSR count). The first-order chi connectivity index (χ1) is 8.81. The quantitative estimate of drug-likeness (QED) is 0.911. The van der Waals surface area contributed by atoms with E-state index in [0.29, 0.717) is 0 Å². The molecule has 0 heterocycles. The topological polar surface area (TPSA) is 86.5 Å². The predicted molar refractivity (Wildman–Crippen MR) is 71.8 cm³/mol. The lowest BCUT2D eigenvalue weighted by molar-refractivity contribution is -0.115. The van der Waals surface area contributed by atoms with Crippen molar-refractivity contribution in [2.24, 2.45) is 5.14 Å². The lowest BCUT2D eigenvalue weighted by atomic mass is 9.84. The van der Waals surface area contributed by atoms with Gasteiger partial charge < -0.3 is 4.18 Å². The van der Waals surface area contributed by atoms with Crippen LogP contribution in [-0.2, 0) is 21.5 Å². The molecule has 6 heteroatoms. The maximum absolute atomic E-state index is 11.9. The Morgan fingerprint density at radius 1 is 1.37 bits per heavy atom. The molecule has 0 spiro atoms. The van der Waals surface area contributed by atoms with Crippen molar-refractivity contribution in [2.75, 3.05) is 0 Å². The summed E-state index contributed by atoms with van der Waals surface area (Å²) in [5.41, 5.74) is 3.51. The monoisotopic (exact) mass is 281 g/mol. The van der Waals surface area contributed by atoms with Crippen LogP contribution >= 0.6 is 0 Å². The van der Waals surface area contributed by atoms with Crippen LogP contribution in [0.5, 0.6) is 5.75 Å². The Balaban J connectivity index is 2.49. The van der Waals surface area contributed by atoms with Crippen molar-refractivity contribution in [2.45, 2.75) is 26.7 Å². The zero-order valence-corrected chi connectivity index (χ0v) is 11.6. The molecule has 0 saturated heterocycles. The zero-order valence-electron chi connectivity index (χ0n) is 10.8. The van der Waals surface area contributed by atoms with Gasteiger partial charge in [-0.15, -0.1) is 0 Å². The standard InChI is InChI=1S/C13H15NO4S/c1-3-11-8(2)13(15)7-9-6-10(4-5-12(9)11)18-19(14,16)17/h4-6H,3,7H2,1-2H3,(H2,14,16,17). The van der Waals surface area contributed by atoms with Gasteiger partial charge in [0.1, 0.15) is 5.75 Å². The maximum Gasteiger partial charge on any atom is 0.380 e. The number of carbonyl (C=O) groups is 1. The van der Waals surface area contributed by atoms with Gasteiger partial charge >= 0.3 is 10.3 Å². The number of hydrogen-bond acceptors (Lipinski definition) is 4. The molecule has 0 saturated carbocycles. The number of ketones is 1. The Kier molecular flexibility index (Phi) is 3.47. The van der Waals surface area contributed by atoms with Crippen molar-refractivity contribution < 1.29 is 17.4 Å². The van der Waals surface area contributed by atoms with Gasteiger partial charge in [0, 0.05) is 6.42 Å². The summed E-state index contributed by atoms with van der Waals surface area (Å²) in [4.78, 5) is 11.9. The fourth-order valence-electron chi connectivity index (χ4n) is 2.33. The smallest absolute Gasteiger partial charge is 0.371 e. The van der Waals surface area contributed by atoms with Crippen molar-refractivity contribution >= 4 is 21.7 Å². The Morgan fingerprint density at radius 3 is 2.63 bits per heavy atom. The molecule has 0 bridgehead atoms. The van der Waals surface area contributed by atoms with E-state index < -0.39 is 10.3 Å². The molecule has 0 amide bonds. The van der Waals surface area contributed by atoms with E-state index in [1.165, 1.54) is 0 Å². The van der Waals surface area contributed by atoms with E-state index in [1.54, 1.807) is 18.2 Å². The number of fused-ring (bicyclic) bond motifs is 1. The molecule has 1 aliphatic carbocycles. The van der Waals surface area contributed by atoms with Crippen LogP contribution in [0.1, 0.15) is 31.4 Å². The number of rotatable bonds is 3. The lowest BCUT2D eigenvalue weighted by Gasteiger charge is -2.20. The van der Waals surface area contributed by atoms with E-state index in [-0.39, 0.29) is 18.0 Å². The second kappa shape index (κ2) is 4.79. The summed E-state index contributed by atoms with van der Waals surface area (Å²) in [6.45, 7) is 3.80.